The normalized spacial score (nSPS) is 11.0. The van der Waals surface area contributed by atoms with E-state index in [1.165, 1.54) is 26.0 Å². The fourth-order valence-electron chi connectivity index (χ4n) is 1.52. The first-order chi connectivity index (χ1) is 10.3. The summed E-state index contributed by atoms with van der Waals surface area (Å²) in [4.78, 5) is 15.9. The van der Waals surface area contributed by atoms with Crippen LogP contribution in [0.15, 0.2) is 59.4 Å². The van der Waals surface area contributed by atoms with Gasteiger partial charge in [-0.25, -0.2) is 9.78 Å². The predicted octanol–water partition coefficient (Wildman–Crippen LogP) is 2.33. The zero-order valence-electron chi connectivity index (χ0n) is 11.5. The minimum Gasteiger partial charge on any atom is -0.500 e. The molecule has 6 heteroatoms. The molecule has 0 unspecified atom stereocenters. The van der Waals surface area contributed by atoms with Crippen molar-refractivity contribution >= 4 is 5.97 Å². The number of benzene rings is 1. The van der Waals surface area contributed by atoms with E-state index in [4.69, 9.17) is 18.6 Å². The molecular formula is C15H15NO5. The third kappa shape index (κ3) is 4.68. The SMILES string of the molecule is COC=C(OCCc1cocn1)C(=O)Oc1ccccc1. The van der Waals surface area contributed by atoms with Crippen molar-refractivity contribution in [2.24, 2.45) is 0 Å². The number of carbonyl (C=O) groups is 1. The lowest BCUT2D eigenvalue weighted by molar-refractivity contribution is -0.134. The van der Waals surface area contributed by atoms with Gasteiger partial charge in [-0.05, 0) is 12.1 Å². The van der Waals surface area contributed by atoms with Gasteiger partial charge in [0.15, 0.2) is 6.39 Å². The number of esters is 1. The highest BCUT2D eigenvalue weighted by molar-refractivity contribution is 5.87. The van der Waals surface area contributed by atoms with Crippen LogP contribution in [0.1, 0.15) is 5.69 Å². The molecule has 0 aliphatic heterocycles. The summed E-state index contributed by atoms with van der Waals surface area (Å²) in [5, 5.41) is 0. The van der Waals surface area contributed by atoms with Gasteiger partial charge in [-0.1, -0.05) is 18.2 Å². The molecule has 0 aliphatic carbocycles. The molecule has 1 aromatic carbocycles. The van der Waals surface area contributed by atoms with Gasteiger partial charge in [0.25, 0.3) is 0 Å². The van der Waals surface area contributed by atoms with E-state index >= 15 is 0 Å². The second kappa shape index (κ2) is 7.74. The third-order valence-electron chi connectivity index (χ3n) is 2.48. The van der Waals surface area contributed by atoms with Crippen LogP contribution in [0.4, 0.5) is 0 Å². The van der Waals surface area contributed by atoms with Crippen molar-refractivity contribution in [1.82, 2.24) is 4.98 Å². The maximum Gasteiger partial charge on any atom is 0.382 e. The van der Waals surface area contributed by atoms with Gasteiger partial charge in [-0.15, -0.1) is 0 Å². The first kappa shape index (κ1) is 14.6. The molecule has 0 aliphatic rings. The van der Waals surface area contributed by atoms with Crippen molar-refractivity contribution in [2.75, 3.05) is 13.7 Å². The van der Waals surface area contributed by atoms with Gasteiger partial charge in [0, 0.05) is 6.42 Å². The predicted molar refractivity (Wildman–Crippen MR) is 73.3 cm³/mol. The lowest BCUT2D eigenvalue weighted by atomic mass is 10.3. The number of hydrogen-bond acceptors (Lipinski definition) is 6. The summed E-state index contributed by atoms with van der Waals surface area (Å²) in [5.41, 5.74) is 0.739. The van der Waals surface area contributed by atoms with Crippen LogP contribution in [-0.4, -0.2) is 24.7 Å². The molecule has 0 saturated heterocycles. The number of hydrogen-bond donors (Lipinski definition) is 0. The van der Waals surface area contributed by atoms with Crippen LogP contribution in [0.5, 0.6) is 5.75 Å². The Morgan fingerprint density at radius 3 is 2.81 bits per heavy atom. The molecule has 21 heavy (non-hydrogen) atoms. The Morgan fingerprint density at radius 2 is 2.14 bits per heavy atom. The molecule has 0 N–H and O–H groups in total. The Morgan fingerprint density at radius 1 is 1.33 bits per heavy atom. The molecule has 6 nitrogen and oxygen atoms in total. The molecular weight excluding hydrogens is 274 g/mol. The highest BCUT2D eigenvalue weighted by Crippen LogP contribution is 2.12. The quantitative estimate of drug-likeness (QED) is 0.337. The van der Waals surface area contributed by atoms with E-state index in [1.54, 1.807) is 24.3 Å². The molecule has 0 bridgehead atoms. The third-order valence-corrected chi connectivity index (χ3v) is 2.48. The van der Waals surface area contributed by atoms with Gasteiger partial charge in [0.05, 0.1) is 19.4 Å². The van der Waals surface area contributed by atoms with Crippen molar-refractivity contribution in [3.8, 4) is 5.75 Å². The first-order valence-corrected chi connectivity index (χ1v) is 6.29. The summed E-state index contributed by atoms with van der Waals surface area (Å²) in [6, 6.07) is 8.73. The monoisotopic (exact) mass is 289 g/mol. The van der Waals surface area contributed by atoms with E-state index in [2.05, 4.69) is 4.98 Å². The van der Waals surface area contributed by atoms with Crippen molar-refractivity contribution in [2.45, 2.75) is 6.42 Å². The topological polar surface area (TPSA) is 70.8 Å². The summed E-state index contributed by atoms with van der Waals surface area (Å²) >= 11 is 0. The number of ether oxygens (including phenoxy) is 3. The molecule has 1 aromatic heterocycles. The van der Waals surface area contributed by atoms with Crippen LogP contribution in [0.25, 0.3) is 0 Å². The van der Waals surface area contributed by atoms with Crippen LogP contribution in [0.3, 0.4) is 0 Å². The zero-order chi connectivity index (χ0) is 14.9. The number of aromatic nitrogens is 1. The van der Waals surface area contributed by atoms with Crippen molar-refractivity contribution in [3.05, 3.63) is 60.7 Å². The summed E-state index contributed by atoms with van der Waals surface area (Å²) in [6.07, 6.45) is 4.57. The average Bonchev–Trinajstić information content (AvgIpc) is 3.00. The smallest absolute Gasteiger partial charge is 0.382 e. The van der Waals surface area contributed by atoms with Gasteiger partial charge < -0.3 is 18.6 Å². The number of methoxy groups -OCH3 is 1. The maximum absolute atomic E-state index is 12.0. The fourth-order valence-corrected chi connectivity index (χ4v) is 1.52. The van der Waals surface area contributed by atoms with Crippen molar-refractivity contribution < 1.29 is 23.4 Å². The summed E-state index contributed by atoms with van der Waals surface area (Å²) < 4.78 is 20.2. The van der Waals surface area contributed by atoms with Crippen molar-refractivity contribution in [1.29, 1.82) is 0 Å². The lowest BCUT2D eigenvalue weighted by Crippen LogP contribution is -2.15. The number of rotatable bonds is 7. The van der Waals surface area contributed by atoms with Gasteiger partial charge >= 0.3 is 5.97 Å². The van der Waals surface area contributed by atoms with E-state index < -0.39 is 5.97 Å². The van der Waals surface area contributed by atoms with E-state index in [0.717, 1.165) is 5.69 Å². The number of carbonyl (C=O) groups excluding carboxylic acids is 1. The van der Waals surface area contributed by atoms with E-state index in [9.17, 15) is 4.79 Å². The van der Waals surface area contributed by atoms with Gasteiger partial charge in [0.2, 0.25) is 5.76 Å². The minimum absolute atomic E-state index is 0.00940. The molecule has 0 saturated carbocycles. The van der Waals surface area contributed by atoms with Crippen LogP contribution in [-0.2, 0) is 20.7 Å². The van der Waals surface area contributed by atoms with Gasteiger partial charge in [-0.3, -0.25) is 0 Å². The Bertz CT molecular complexity index is 577. The molecule has 0 spiro atoms. The largest absolute Gasteiger partial charge is 0.500 e. The highest BCUT2D eigenvalue weighted by Gasteiger charge is 2.15. The molecule has 2 aromatic rings. The van der Waals surface area contributed by atoms with Gasteiger partial charge in [0.1, 0.15) is 18.3 Å². The van der Waals surface area contributed by atoms with Crippen LogP contribution >= 0.6 is 0 Å². The van der Waals surface area contributed by atoms with Crippen LogP contribution < -0.4 is 4.74 Å². The Balaban J connectivity index is 1.89. The van der Waals surface area contributed by atoms with Gasteiger partial charge in [-0.2, -0.15) is 0 Å². The highest BCUT2D eigenvalue weighted by atomic mass is 16.6. The second-order valence-electron chi connectivity index (χ2n) is 4.00. The lowest BCUT2D eigenvalue weighted by Gasteiger charge is -2.09. The molecule has 1 heterocycles. The maximum atomic E-state index is 12.0. The standard InChI is InChI=1S/C15H15NO5/c1-18-10-14(20-8-7-12-9-19-11-16-12)15(17)21-13-5-3-2-4-6-13/h2-6,9-11H,7-8H2,1H3. The number of para-hydroxylation sites is 1. The molecule has 0 fully saturated rings. The van der Waals surface area contributed by atoms with Crippen molar-refractivity contribution in [3.63, 3.8) is 0 Å². The zero-order valence-corrected chi connectivity index (χ0v) is 11.5. The molecule has 2 rings (SSSR count). The van der Waals surface area contributed by atoms with E-state index in [1.807, 2.05) is 6.07 Å². The molecule has 0 amide bonds. The molecule has 0 atom stereocenters. The second-order valence-corrected chi connectivity index (χ2v) is 4.00. The Kier molecular flexibility index (Phi) is 5.40. The summed E-state index contributed by atoms with van der Waals surface area (Å²) in [5.74, 6) is -0.197. The van der Waals surface area contributed by atoms with Crippen LogP contribution in [0, 0.1) is 0 Å². The molecule has 110 valence electrons. The Labute approximate surface area is 122 Å². The molecule has 0 radical (unpaired) electrons. The minimum atomic E-state index is -0.622. The van der Waals surface area contributed by atoms with E-state index in [-0.39, 0.29) is 12.4 Å². The average molecular weight is 289 g/mol. The summed E-state index contributed by atoms with van der Waals surface area (Å²) in [6.45, 7) is 0.256. The number of oxazole rings is 1. The summed E-state index contributed by atoms with van der Waals surface area (Å²) in [7, 11) is 1.43. The number of nitrogens with zero attached hydrogens (tertiary/aromatic N) is 1. The van der Waals surface area contributed by atoms with E-state index in [0.29, 0.717) is 12.2 Å². The fraction of sp³-hybridized carbons (Fsp3) is 0.200. The van der Waals surface area contributed by atoms with Crippen LogP contribution in [0.2, 0.25) is 0 Å². The Hall–Kier alpha value is -2.76. The first-order valence-electron chi connectivity index (χ1n) is 6.29.